The fourth-order valence-corrected chi connectivity index (χ4v) is 2.04. The molecular weight excluding hydrogens is 306 g/mol. The van der Waals surface area contributed by atoms with Gasteiger partial charge in [-0.2, -0.15) is 5.10 Å². The van der Waals surface area contributed by atoms with E-state index in [1.54, 1.807) is 13.2 Å². The summed E-state index contributed by atoms with van der Waals surface area (Å²) in [5.74, 6) is 0.771. The van der Waals surface area contributed by atoms with Crippen LogP contribution in [0.1, 0.15) is 11.1 Å². The molecular formula is C15H14ClN3O3. The van der Waals surface area contributed by atoms with E-state index in [-0.39, 0.29) is 10.7 Å². The molecule has 0 atom stereocenters. The highest BCUT2D eigenvalue weighted by molar-refractivity contribution is 6.32. The first-order valence-electron chi connectivity index (χ1n) is 6.43. The molecule has 2 aromatic rings. The maximum atomic E-state index is 10.8. The van der Waals surface area contributed by atoms with E-state index in [1.807, 2.05) is 24.3 Å². The van der Waals surface area contributed by atoms with Gasteiger partial charge in [0.05, 0.1) is 24.8 Å². The summed E-state index contributed by atoms with van der Waals surface area (Å²) in [5.41, 5.74) is 4.28. The predicted molar refractivity (Wildman–Crippen MR) is 85.5 cm³/mol. The van der Waals surface area contributed by atoms with Crippen LogP contribution < -0.4 is 10.2 Å². The van der Waals surface area contributed by atoms with Gasteiger partial charge in [0, 0.05) is 17.2 Å². The van der Waals surface area contributed by atoms with Gasteiger partial charge < -0.3 is 10.2 Å². The summed E-state index contributed by atoms with van der Waals surface area (Å²) in [7, 11) is 1.61. The number of hydrogen-bond donors (Lipinski definition) is 1. The molecule has 0 aromatic heterocycles. The highest BCUT2D eigenvalue weighted by Gasteiger charge is 2.11. The maximum absolute atomic E-state index is 10.8. The van der Waals surface area contributed by atoms with Crippen LogP contribution in [0.25, 0.3) is 0 Å². The number of methoxy groups -OCH3 is 1. The van der Waals surface area contributed by atoms with Crippen LogP contribution in [-0.2, 0) is 6.54 Å². The number of hydrazone groups is 1. The third-order valence-corrected chi connectivity index (χ3v) is 3.25. The van der Waals surface area contributed by atoms with Crippen LogP contribution in [0.2, 0.25) is 5.02 Å². The van der Waals surface area contributed by atoms with Gasteiger partial charge in [0.25, 0.3) is 5.69 Å². The maximum Gasteiger partial charge on any atom is 0.288 e. The van der Waals surface area contributed by atoms with Crippen molar-refractivity contribution in [2.45, 2.75) is 6.54 Å². The van der Waals surface area contributed by atoms with Crippen LogP contribution in [0.15, 0.2) is 47.6 Å². The smallest absolute Gasteiger partial charge is 0.288 e. The van der Waals surface area contributed by atoms with Crippen molar-refractivity contribution in [2.24, 2.45) is 5.10 Å². The normalized spacial score (nSPS) is 10.6. The number of para-hydroxylation sites is 1. The van der Waals surface area contributed by atoms with Crippen molar-refractivity contribution in [1.82, 2.24) is 5.43 Å². The van der Waals surface area contributed by atoms with E-state index in [9.17, 15) is 10.1 Å². The van der Waals surface area contributed by atoms with Crippen molar-refractivity contribution < 1.29 is 9.66 Å². The van der Waals surface area contributed by atoms with Crippen molar-refractivity contribution in [2.75, 3.05) is 7.11 Å². The highest BCUT2D eigenvalue weighted by atomic mass is 35.5. The second-order valence-electron chi connectivity index (χ2n) is 4.37. The van der Waals surface area contributed by atoms with Crippen molar-refractivity contribution in [3.63, 3.8) is 0 Å². The number of nitro groups is 1. The van der Waals surface area contributed by atoms with Crippen molar-refractivity contribution >= 4 is 23.5 Å². The Balaban J connectivity index is 2.01. The first kappa shape index (κ1) is 15.8. The number of nitro benzene ring substituents is 1. The second kappa shape index (κ2) is 7.42. The van der Waals surface area contributed by atoms with Gasteiger partial charge in [-0.1, -0.05) is 35.9 Å². The molecule has 2 aromatic carbocycles. The Kier molecular flexibility index (Phi) is 5.32. The van der Waals surface area contributed by atoms with Crippen LogP contribution in [0.4, 0.5) is 5.69 Å². The molecule has 0 saturated carbocycles. The van der Waals surface area contributed by atoms with Crippen LogP contribution in [0, 0.1) is 10.1 Å². The molecule has 6 nitrogen and oxygen atoms in total. The third kappa shape index (κ3) is 3.95. The number of halogens is 1. The lowest BCUT2D eigenvalue weighted by molar-refractivity contribution is -0.384. The Bertz CT molecular complexity index is 704. The number of ether oxygens (including phenoxy) is 1. The largest absolute Gasteiger partial charge is 0.496 e. The fraction of sp³-hybridized carbons (Fsp3) is 0.133. The second-order valence-corrected chi connectivity index (χ2v) is 4.78. The molecule has 0 amide bonds. The van der Waals surface area contributed by atoms with Crippen LogP contribution in [0.3, 0.4) is 0 Å². The Labute approximate surface area is 132 Å². The average Bonchev–Trinajstić information content (AvgIpc) is 2.53. The highest BCUT2D eigenvalue weighted by Crippen LogP contribution is 2.24. The molecule has 0 unspecified atom stereocenters. The molecule has 22 heavy (non-hydrogen) atoms. The molecule has 114 valence electrons. The SMILES string of the molecule is COc1ccccc1CN/N=C/c1ccc(Cl)c([N+](=O)[O-])c1. The van der Waals surface area contributed by atoms with Gasteiger partial charge >= 0.3 is 0 Å². The molecule has 0 bridgehead atoms. The molecule has 0 spiro atoms. The van der Waals surface area contributed by atoms with Crippen molar-refractivity contribution in [1.29, 1.82) is 0 Å². The molecule has 1 N–H and O–H groups in total. The summed E-state index contributed by atoms with van der Waals surface area (Å²) in [5, 5.41) is 15.0. The summed E-state index contributed by atoms with van der Waals surface area (Å²) in [6, 6.07) is 12.1. The zero-order valence-electron chi connectivity index (χ0n) is 11.8. The number of hydrogen-bond acceptors (Lipinski definition) is 5. The van der Waals surface area contributed by atoms with E-state index in [1.165, 1.54) is 18.3 Å². The van der Waals surface area contributed by atoms with E-state index in [0.717, 1.165) is 11.3 Å². The number of rotatable bonds is 6. The Morgan fingerprint density at radius 3 is 2.86 bits per heavy atom. The summed E-state index contributed by atoms with van der Waals surface area (Å²) < 4.78 is 5.23. The first-order valence-corrected chi connectivity index (χ1v) is 6.81. The van der Waals surface area contributed by atoms with Gasteiger partial charge in [-0.15, -0.1) is 0 Å². The number of nitrogens with zero attached hydrogens (tertiary/aromatic N) is 2. The lowest BCUT2D eigenvalue weighted by Crippen LogP contribution is -2.07. The quantitative estimate of drug-likeness (QED) is 0.503. The zero-order chi connectivity index (χ0) is 15.9. The van der Waals surface area contributed by atoms with Crippen LogP contribution in [0.5, 0.6) is 5.75 Å². The molecule has 0 radical (unpaired) electrons. The fourth-order valence-electron chi connectivity index (χ4n) is 1.85. The minimum Gasteiger partial charge on any atom is -0.496 e. The first-order chi connectivity index (χ1) is 10.6. The van der Waals surface area contributed by atoms with E-state index in [4.69, 9.17) is 16.3 Å². The molecule has 7 heteroatoms. The lowest BCUT2D eigenvalue weighted by atomic mass is 10.2. The molecule has 0 saturated heterocycles. The van der Waals surface area contributed by atoms with Gasteiger partial charge in [0.15, 0.2) is 0 Å². The van der Waals surface area contributed by atoms with Gasteiger partial charge in [0.1, 0.15) is 10.8 Å². The standard InChI is InChI=1S/C15H14ClN3O3/c1-22-15-5-3-2-4-12(15)10-18-17-9-11-6-7-13(16)14(8-11)19(20)21/h2-9,18H,10H2,1H3/b17-9+. The summed E-state index contributed by atoms with van der Waals surface area (Å²) in [4.78, 5) is 10.3. The summed E-state index contributed by atoms with van der Waals surface area (Å²) in [6.45, 7) is 0.482. The molecule has 0 aliphatic carbocycles. The van der Waals surface area contributed by atoms with Gasteiger partial charge in [-0.25, -0.2) is 0 Å². The number of nitrogens with one attached hydrogen (secondary N) is 1. The number of benzene rings is 2. The Hall–Kier alpha value is -2.60. The van der Waals surface area contributed by atoms with E-state index in [2.05, 4.69) is 10.5 Å². The summed E-state index contributed by atoms with van der Waals surface area (Å²) >= 11 is 5.75. The zero-order valence-corrected chi connectivity index (χ0v) is 12.6. The molecule has 0 aliphatic heterocycles. The third-order valence-electron chi connectivity index (χ3n) is 2.93. The van der Waals surface area contributed by atoms with Crippen molar-refractivity contribution in [3.8, 4) is 5.75 Å². The average molecular weight is 320 g/mol. The Morgan fingerprint density at radius 2 is 2.14 bits per heavy atom. The van der Waals surface area contributed by atoms with E-state index in [0.29, 0.717) is 12.1 Å². The molecule has 0 fully saturated rings. The van der Waals surface area contributed by atoms with Gasteiger partial charge in [0.2, 0.25) is 0 Å². The monoisotopic (exact) mass is 319 g/mol. The van der Waals surface area contributed by atoms with Crippen molar-refractivity contribution in [3.05, 3.63) is 68.7 Å². The van der Waals surface area contributed by atoms with Crippen LogP contribution >= 0.6 is 11.6 Å². The van der Waals surface area contributed by atoms with Crippen LogP contribution in [-0.4, -0.2) is 18.2 Å². The summed E-state index contributed by atoms with van der Waals surface area (Å²) in [6.07, 6.45) is 1.50. The minimum absolute atomic E-state index is 0.101. The van der Waals surface area contributed by atoms with E-state index < -0.39 is 4.92 Å². The predicted octanol–water partition coefficient (Wildman–Crippen LogP) is 3.38. The van der Waals surface area contributed by atoms with E-state index >= 15 is 0 Å². The van der Waals surface area contributed by atoms with Gasteiger partial charge in [-0.3, -0.25) is 10.1 Å². The lowest BCUT2D eigenvalue weighted by Gasteiger charge is -2.07. The minimum atomic E-state index is -0.526. The molecule has 0 heterocycles. The molecule has 2 rings (SSSR count). The molecule has 0 aliphatic rings. The topological polar surface area (TPSA) is 76.8 Å². The Morgan fingerprint density at radius 1 is 1.36 bits per heavy atom. The van der Waals surface area contributed by atoms with Gasteiger partial charge in [-0.05, 0) is 12.1 Å².